The lowest BCUT2D eigenvalue weighted by atomic mass is 10.0. The van der Waals surface area contributed by atoms with Gasteiger partial charge in [-0.2, -0.15) is 0 Å². The molecular weight excluding hydrogens is 274 g/mol. The van der Waals surface area contributed by atoms with E-state index in [1.165, 1.54) is 0 Å². The van der Waals surface area contributed by atoms with E-state index in [1.807, 2.05) is 13.0 Å². The predicted molar refractivity (Wildman–Crippen MR) is 80.7 cm³/mol. The quantitative estimate of drug-likeness (QED) is 0.847. The van der Waals surface area contributed by atoms with Gasteiger partial charge in [-0.05, 0) is 31.4 Å². The van der Waals surface area contributed by atoms with Crippen molar-refractivity contribution in [3.8, 4) is 0 Å². The van der Waals surface area contributed by atoms with Crippen LogP contribution in [0.25, 0.3) is 0 Å². The lowest BCUT2D eigenvalue weighted by Crippen LogP contribution is -2.33. The fourth-order valence-electron chi connectivity index (χ4n) is 2.73. The van der Waals surface area contributed by atoms with E-state index in [2.05, 4.69) is 5.32 Å². The Morgan fingerprint density at radius 3 is 2.55 bits per heavy atom. The first kappa shape index (κ1) is 15.3. The molecule has 0 bridgehead atoms. The highest BCUT2D eigenvalue weighted by molar-refractivity contribution is 7.91. The number of anilines is 1. The van der Waals surface area contributed by atoms with E-state index in [0.29, 0.717) is 23.5 Å². The molecular formula is C15H23NO3S. The predicted octanol–water partition coefficient (Wildman–Crippen LogP) is 2.59. The van der Waals surface area contributed by atoms with E-state index in [4.69, 9.17) is 0 Å². The summed E-state index contributed by atoms with van der Waals surface area (Å²) >= 11 is 0. The first-order chi connectivity index (χ1) is 9.47. The van der Waals surface area contributed by atoms with Crippen LogP contribution >= 0.6 is 0 Å². The van der Waals surface area contributed by atoms with E-state index in [9.17, 15) is 13.5 Å². The zero-order valence-electron chi connectivity index (χ0n) is 11.9. The van der Waals surface area contributed by atoms with E-state index < -0.39 is 15.4 Å². The molecule has 0 aliphatic heterocycles. The normalized spacial score (nSPS) is 18.1. The van der Waals surface area contributed by atoms with Crippen LogP contribution in [0.1, 0.15) is 39.0 Å². The second-order valence-electron chi connectivity index (χ2n) is 5.60. The minimum atomic E-state index is -3.25. The molecule has 20 heavy (non-hydrogen) atoms. The second-order valence-corrected chi connectivity index (χ2v) is 7.68. The lowest BCUT2D eigenvalue weighted by Gasteiger charge is -2.24. The van der Waals surface area contributed by atoms with Crippen molar-refractivity contribution in [2.75, 3.05) is 17.6 Å². The summed E-state index contributed by atoms with van der Waals surface area (Å²) in [7, 11) is -3.25. The SMILES string of the molecule is CCCS(=O)(=O)c1ccccc1NCC1(O)CCCC1. The van der Waals surface area contributed by atoms with Crippen molar-refractivity contribution < 1.29 is 13.5 Å². The van der Waals surface area contributed by atoms with E-state index in [-0.39, 0.29) is 5.75 Å². The summed E-state index contributed by atoms with van der Waals surface area (Å²) in [5.74, 6) is 0.149. The number of benzene rings is 1. The molecule has 1 aromatic rings. The van der Waals surface area contributed by atoms with Crippen molar-refractivity contribution in [2.24, 2.45) is 0 Å². The van der Waals surface area contributed by atoms with Crippen molar-refractivity contribution in [3.63, 3.8) is 0 Å². The summed E-state index contributed by atoms with van der Waals surface area (Å²) in [6.45, 7) is 2.26. The Kier molecular flexibility index (Phi) is 4.70. The van der Waals surface area contributed by atoms with Crippen LogP contribution in [0.15, 0.2) is 29.2 Å². The molecule has 2 N–H and O–H groups in total. The van der Waals surface area contributed by atoms with Crippen LogP contribution < -0.4 is 5.32 Å². The zero-order chi connectivity index (χ0) is 14.6. The fourth-order valence-corrected chi connectivity index (χ4v) is 4.25. The van der Waals surface area contributed by atoms with Crippen LogP contribution in [0.4, 0.5) is 5.69 Å². The van der Waals surface area contributed by atoms with Gasteiger partial charge in [0.2, 0.25) is 0 Å². The van der Waals surface area contributed by atoms with Gasteiger partial charge in [-0.1, -0.05) is 31.9 Å². The van der Waals surface area contributed by atoms with Crippen LogP contribution in [0.5, 0.6) is 0 Å². The summed E-state index contributed by atoms with van der Waals surface area (Å²) in [6.07, 6.45) is 4.23. The Balaban J connectivity index is 2.16. The zero-order valence-corrected chi connectivity index (χ0v) is 12.7. The first-order valence-electron chi connectivity index (χ1n) is 7.25. The Hall–Kier alpha value is -1.07. The number of aliphatic hydroxyl groups is 1. The average molecular weight is 297 g/mol. The fraction of sp³-hybridized carbons (Fsp3) is 0.600. The van der Waals surface area contributed by atoms with Gasteiger partial charge in [-0.15, -0.1) is 0 Å². The van der Waals surface area contributed by atoms with Crippen molar-refractivity contribution in [1.82, 2.24) is 0 Å². The minimum Gasteiger partial charge on any atom is -0.388 e. The third kappa shape index (κ3) is 3.52. The standard InChI is InChI=1S/C15H23NO3S/c1-2-11-20(18,19)14-8-4-3-7-13(14)16-12-15(17)9-5-6-10-15/h3-4,7-8,16-17H,2,5-6,9-12H2,1H3. The minimum absolute atomic E-state index is 0.149. The molecule has 1 aromatic carbocycles. The van der Waals surface area contributed by atoms with Gasteiger partial charge >= 0.3 is 0 Å². The number of rotatable bonds is 6. The molecule has 0 heterocycles. The first-order valence-corrected chi connectivity index (χ1v) is 8.90. The maximum absolute atomic E-state index is 12.2. The molecule has 4 nitrogen and oxygen atoms in total. The smallest absolute Gasteiger partial charge is 0.180 e. The van der Waals surface area contributed by atoms with Crippen molar-refractivity contribution in [1.29, 1.82) is 0 Å². The van der Waals surface area contributed by atoms with Gasteiger partial charge in [-0.3, -0.25) is 0 Å². The molecule has 0 saturated heterocycles. The third-order valence-corrected chi connectivity index (χ3v) is 5.81. The highest BCUT2D eigenvalue weighted by Gasteiger charge is 2.31. The molecule has 0 spiro atoms. The molecule has 112 valence electrons. The van der Waals surface area contributed by atoms with Crippen LogP contribution in [0.3, 0.4) is 0 Å². The lowest BCUT2D eigenvalue weighted by molar-refractivity contribution is 0.0614. The topological polar surface area (TPSA) is 66.4 Å². The Bertz CT molecular complexity index is 548. The van der Waals surface area contributed by atoms with Crippen molar-refractivity contribution in [2.45, 2.75) is 49.5 Å². The van der Waals surface area contributed by atoms with Gasteiger partial charge in [0.05, 0.1) is 21.9 Å². The summed E-state index contributed by atoms with van der Waals surface area (Å²) in [6, 6.07) is 6.94. The van der Waals surface area contributed by atoms with Crippen molar-refractivity contribution in [3.05, 3.63) is 24.3 Å². The molecule has 0 aromatic heterocycles. The molecule has 0 atom stereocenters. The molecule has 0 unspecified atom stereocenters. The van der Waals surface area contributed by atoms with E-state index in [0.717, 1.165) is 25.7 Å². The van der Waals surface area contributed by atoms with Gasteiger partial charge in [0.15, 0.2) is 9.84 Å². The summed E-state index contributed by atoms with van der Waals surface area (Å²) < 4.78 is 24.5. The van der Waals surface area contributed by atoms with Crippen LogP contribution in [-0.2, 0) is 9.84 Å². The highest BCUT2D eigenvalue weighted by Crippen LogP contribution is 2.30. The Morgan fingerprint density at radius 2 is 1.90 bits per heavy atom. The maximum atomic E-state index is 12.2. The Labute approximate surface area is 121 Å². The van der Waals surface area contributed by atoms with Gasteiger partial charge < -0.3 is 10.4 Å². The molecule has 0 radical (unpaired) electrons. The molecule has 0 amide bonds. The number of hydrogen-bond donors (Lipinski definition) is 2. The van der Waals surface area contributed by atoms with E-state index in [1.54, 1.807) is 18.2 Å². The monoisotopic (exact) mass is 297 g/mol. The highest BCUT2D eigenvalue weighted by atomic mass is 32.2. The number of sulfone groups is 1. The largest absolute Gasteiger partial charge is 0.388 e. The van der Waals surface area contributed by atoms with Gasteiger partial charge in [0, 0.05) is 6.54 Å². The van der Waals surface area contributed by atoms with E-state index >= 15 is 0 Å². The van der Waals surface area contributed by atoms with Gasteiger partial charge in [0.1, 0.15) is 0 Å². The number of hydrogen-bond acceptors (Lipinski definition) is 4. The molecule has 1 saturated carbocycles. The molecule has 5 heteroatoms. The van der Waals surface area contributed by atoms with Crippen molar-refractivity contribution >= 4 is 15.5 Å². The summed E-state index contributed by atoms with van der Waals surface area (Å²) in [5, 5.41) is 13.5. The molecule has 1 fully saturated rings. The second kappa shape index (κ2) is 6.14. The molecule has 2 rings (SSSR count). The number of nitrogens with one attached hydrogen (secondary N) is 1. The third-order valence-electron chi connectivity index (χ3n) is 3.84. The summed E-state index contributed by atoms with van der Waals surface area (Å²) in [5.41, 5.74) is -0.0944. The molecule has 1 aliphatic carbocycles. The Morgan fingerprint density at radius 1 is 1.25 bits per heavy atom. The number of para-hydroxylation sites is 1. The van der Waals surface area contributed by atoms with Crippen LogP contribution in [0, 0.1) is 0 Å². The maximum Gasteiger partial charge on any atom is 0.180 e. The molecule has 1 aliphatic rings. The average Bonchev–Trinajstić information content (AvgIpc) is 2.84. The van der Waals surface area contributed by atoms with Gasteiger partial charge in [0.25, 0.3) is 0 Å². The van der Waals surface area contributed by atoms with Crippen LogP contribution in [0.2, 0.25) is 0 Å². The van der Waals surface area contributed by atoms with Crippen LogP contribution in [-0.4, -0.2) is 31.4 Å². The summed E-state index contributed by atoms with van der Waals surface area (Å²) in [4.78, 5) is 0.337. The van der Waals surface area contributed by atoms with Gasteiger partial charge in [-0.25, -0.2) is 8.42 Å².